The molecule has 0 saturated heterocycles. The van der Waals surface area contributed by atoms with Crippen LogP contribution in [0.3, 0.4) is 0 Å². The average Bonchev–Trinajstić information content (AvgIpc) is 3.20. The molecule has 0 aliphatic carbocycles. The number of carbonyl (C=O) groups is 2. The van der Waals surface area contributed by atoms with Crippen LogP contribution in [-0.4, -0.2) is 32.6 Å². The van der Waals surface area contributed by atoms with E-state index >= 15 is 0 Å². The Hall–Kier alpha value is -3.64. The van der Waals surface area contributed by atoms with Gasteiger partial charge in [-0.2, -0.15) is 18.3 Å². The van der Waals surface area contributed by atoms with E-state index in [4.69, 9.17) is 23.2 Å². The highest BCUT2D eigenvalue weighted by atomic mass is 35.5. The summed E-state index contributed by atoms with van der Waals surface area (Å²) in [4.78, 5) is 36.2. The molecule has 190 valence electrons. The molecule has 0 radical (unpaired) electrons. The molecule has 2 aromatic carbocycles. The lowest BCUT2D eigenvalue weighted by atomic mass is 10.1. The van der Waals surface area contributed by atoms with E-state index < -0.39 is 40.0 Å². The summed E-state index contributed by atoms with van der Waals surface area (Å²) in [7, 11) is 0. The van der Waals surface area contributed by atoms with Crippen LogP contribution in [0.25, 0.3) is 5.69 Å². The third-order valence-electron chi connectivity index (χ3n) is 4.81. The van der Waals surface area contributed by atoms with Gasteiger partial charge < -0.3 is 10.6 Å². The van der Waals surface area contributed by atoms with Gasteiger partial charge in [-0.3, -0.25) is 19.7 Å². The maximum absolute atomic E-state index is 13.5. The first-order valence-corrected chi connectivity index (χ1v) is 11.0. The van der Waals surface area contributed by atoms with Gasteiger partial charge >= 0.3 is 6.18 Å². The van der Waals surface area contributed by atoms with Crippen molar-refractivity contribution in [2.75, 3.05) is 5.32 Å². The van der Waals surface area contributed by atoms with Crippen LogP contribution in [0.5, 0.6) is 0 Å². The van der Waals surface area contributed by atoms with Crippen molar-refractivity contribution in [2.45, 2.75) is 33.0 Å². The molecular formula is C22H18Cl2F3N5O4. The molecule has 3 aromatic rings. The zero-order valence-corrected chi connectivity index (χ0v) is 20.4. The number of rotatable bonds is 6. The highest BCUT2D eigenvalue weighted by Gasteiger charge is 2.36. The van der Waals surface area contributed by atoms with Gasteiger partial charge in [-0.1, -0.05) is 23.2 Å². The normalized spacial score (nSPS) is 11.5. The summed E-state index contributed by atoms with van der Waals surface area (Å²) in [5, 5.41) is 19.5. The molecule has 14 heteroatoms. The Labute approximate surface area is 212 Å². The lowest BCUT2D eigenvalue weighted by Crippen LogP contribution is -2.31. The monoisotopic (exact) mass is 543 g/mol. The largest absolute Gasteiger partial charge is 0.435 e. The van der Waals surface area contributed by atoms with E-state index in [2.05, 4.69) is 15.7 Å². The van der Waals surface area contributed by atoms with Gasteiger partial charge in [0.05, 0.1) is 26.9 Å². The molecule has 0 spiro atoms. The number of benzene rings is 2. The number of nitro groups is 1. The summed E-state index contributed by atoms with van der Waals surface area (Å²) in [6, 6.07) is 6.04. The second-order valence-electron chi connectivity index (χ2n) is 7.94. The van der Waals surface area contributed by atoms with Gasteiger partial charge in [0.25, 0.3) is 17.5 Å². The Bertz CT molecular complexity index is 1370. The van der Waals surface area contributed by atoms with Crippen LogP contribution in [0.15, 0.2) is 36.4 Å². The number of halogens is 5. The van der Waals surface area contributed by atoms with Crippen molar-refractivity contribution in [3.05, 3.63) is 79.1 Å². The highest BCUT2D eigenvalue weighted by molar-refractivity contribution is 6.32. The predicted molar refractivity (Wildman–Crippen MR) is 127 cm³/mol. The van der Waals surface area contributed by atoms with Gasteiger partial charge in [0, 0.05) is 29.3 Å². The van der Waals surface area contributed by atoms with E-state index in [-0.39, 0.29) is 33.0 Å². The van der Waals surface area contributed by atoms with Gasteiger partial charge in [0.15, 0.2) is 5.69 Å². The minimum Gasteiger partial charge on any atom is -0.350 e. The number of aromatic nitrogens is 2. The molecule has 2 amide bonds. The van der Waals surface area contributed by atoms with E-state index in [0.717, 1.165) is 18.2 Å². The fourth-order valence-electron chi connectivity index (χ4n) is 3.25. The van der Waals surface area contributed by atoms with Gasteiger partial charge in [0.2, 0.25) is 0 Å². The zero-order valence-electron chi connectivity index (χ0n) is 18.9. The molecule has 2 N–H and O–H groups in total. The van der Waals surface area contributed by atoms with Crippen LogP contribution in [0.1, 0.15) is 46.0 Å². The number of nitro benzene ring substituents is 1. The summed E-state index contributed by atoms with van der Waals surface area (Å²) >= 11 is 12.2. The zero-order chi connectivity index (χ0) is 26.9. The molecule has 0 atom stereocenters. The standard InChI is InChI=1S/C22H18Cl2F3N5O4/c1-10(2)28-20(33)14-7-12(23)6-11(3)19(14)29-21(34)17-9-18(22(25,26)27)30-31(17)16-5-4-13(32(35)36)8-15(16)24/h4-10H,1-3H3,(H,28,33)(H,29,34). The average molecular weight is 544 g/mol. The van der Waals surface area contributed by atoms with Crippen LogP contribution in [0.2, 0.25) is 10.0 Å². The number of nitrogens with one attached hydrogen (secondary N) is 2. The molecule has 3 rings (SSSR count). The molecule has 0 aliphatic rings. The van der Waals surface area contributed by atoms with Crippen molar-refractivity contribution in [2.24, 2.45) is 0 Å². The highest BCUT2D eigenvalue weighted by Crippen LogP contribution is 2.33. The number of amides is 2. The maximum Gasteiger partial charge on any atom is 0.435 e. The SMILES string of the molecule is Cc1cc(Cl)cc(C(=O)NC(C)C)c1NC(=O)c1cc(C(F)(F)F)nn1-c1ccc([N+](=O)[O-])cc1Cl. The van der Waals surface area contributed by atoms with Gasteiger partial charge in [0.1, 0.15) is 5.69 Å². The first kappa shape index (κ1) is 27.0. The summed E-state index contributed by atoms with van der Waals surface area (Å²) in [6.07, 6.45) is -4.91. The van der Waals surface area contributed by atoms with E-state index in [9.17, 15) is 32.9 Å². The smallest absolute Gasteiger partial charge is 0.350 e. The topological polar surface area (TPSA) is 119 Å². The van der Waals surface area contributed by atoms with Crippen LogP contribution in [0, 0.1) is 17.0 Å². The Morgan fingerprint density at radius 3 is 2.33 bits per heavy atom. The van der Waals surface area contributed by atoms with Crippen molar-refractivity contribution in [3.8, 4) is 5.69 Å². The number of alkyl halides is 3. The number of anilines is 1. The fraction of sp³-hybridized carbons (Fsp3) is 0.227. The summed E-state index contributed by atoms with van der Waals surface area (Å²) in [6.45, 7) is 5.00. The van der Waals surface area contributed by atoms with Gasteiger partial charge in [-0.15, -0.1) is 0 Å². The van der Waals surface area contributed by atoms with E-state index in [0.29, 0.717) is 16.3 Å². The molecule has 9 nitrogen and oxygen atoms in total. The molecule has 0 unspecified atom stereocenters. The molecule has 36 heavy (non-hydrogen) atoms. The van der Waals surface area contributed by atoms with Crippen molar-refractivity contribution in [3.63, 3.8) is 0 Å². The molecule has 0 bridgehead atoms. The summed E-state index contributed by atoms with van der Waals surface area (Å²) in [5.41, 5.74) is -2.18. The van der Waals surface area contributed by atoms with Crippen molar-refractivity contribution in [1.29, 1.82) is 0 Å². The Kier molecular flexibility index (Phi) is 7.60. The number of nitrogens with zero attached hydrogens (tertiary/aromatic N) is 3. The van der Waals surface area contributed by atoms with E-state index in [1.807, 2.05) is 0 Å². The van der Waals surface area contributed by atoms with E-state index in [1.165, 1.54) is 12.1 Å². The minimum absolute atomic E-state index is 0.00229. The third-order valence-corrected chi connectivity index (χ3v) is 5.33. The second-order valence-corrected chi connectivity index (χ2v) is 8.79. The van der Waals surface area contributed by atoms with Crippen LogP contribution >= 0.6 is 23.2 Å². The van der Waals surface area contributed by atoms with Crippen molar-refractivity contribution in [1.82, 2.24) is 15.1 Å². The minimum atomic E-state index is -4.91. The second kappa shape index (κ2) is 10.2. The Morgan fingerprint density at radius 2 is 1.78 bits per heavy atom. The summed E-state index contributed by atoms with van der Waals surface area (Å²) in [5.74, 6) is -1.61. The molecule has 1 aromatic heterocycles. The predicted octanol–water partition coefficient (Wildman–Crippen LogP) is 5.81. The summed E-state index contributed by atoms with van der Waals surface area (Å²) < 4.78 is 41.0. The van der Waals surface area contributed by atoms with E-state index in [1.54, 1.807) is 20.8 Å². The molecule has 0 aliphatic heterocycles. The van der Waals surface area contributed by atoms with Crippen LogP contribution in [0.4, 0.5) is 24.5 Å². The number of non-ortho nitro benzene ring substituents is 1. The lowest BCUT2D eigenvalue weighted by Gasteiger charge is -2.16. The van der Waals surface area contributed by atoms with Crippen molar-refractivity contribution < 1.29 is 27.7 Å². The first-order valence-electron chi connectivity index (χ1n) is 10.2. The molecule has 1 heterocycles. The van der Waals surface area contributed by atoms with Crippen molar-refractivity contribution >= 4 is 46.4 Å². The van der Waals surface area contributed by atoms with Gasteiger partial charge in [-0.25, -0.2) is 4.68 Å². The number of hydrogen-bond donors (Lipinski definition) is 2. The fourth-order valence-corrected chi connectivity index (χ4v) is 3.78. The number of aryl methyl sites for hydroxylation is 1. The molecule has 0 fully saturated rings. The van der Waals surface area contributed by atoms with Crippen LogP contribution < -0.4 is 10.6 Å². The molecular weight excluding hydrogens is 526 g/mol. The molecule has 0 saturated carbocycles. The lowest BCUT2D eigenvalue weighted by molar-refractivity contribution is -0.384. The first-order chi connectivity index (χ1) is 16.7. The van der Waals surface area contributed by atoms with Gasteiger partial charge in [-0.05, 0) is 44.5 Å². The Balaban J connectivity index is 2.12. The maximum atomic E-state index is 13.5. The Morgan fingerprint density at radius 1 is 1.11 bits per heavy atom. The number of hydrogen-bond acceptors (Lipinski definition) is 5. The van der Waals surface area contributed by atoms with Crippen LogP contribution in [-0.2, 0) is 6.18 Å². The third kappa shape index (κ3) is 5.77. The quantitative estimate of drug-likeness (QED) is 0.300. The number of carbonyl (C=O) groups excluding carboxylic acids is 2.